The van der Waals surface area contributed by atoms with Crippen LogP contribution in [0.25, 0.3) is 11.1 Å². The molecule has 0 radical (unpaired) electrons. The van der Waals surface area contributed by atoms with Crippen molar-refractivity contribution in [2.45, 2.75) is 80.1 Å². The highest BCUT2D eigenvalue weighted by atomic mass is 16.7. The van der Waals surface area contributed by atoms with Crippen LogP contribution in [0.1, 0.15) is 73.4 Å². The van der Waals surface area contributed by atoms with Gasteiger partial charge in [0, 0.05) is 0 Å². The monoisotopic (exact) mass is 382 g/mol. The zero-order valence-corrected chi connectivity index (χ0v) is 18.2. The van der Waals surface area contributed by atoms with E-state index in [1.807, 2.05) is 6.07 Å². The summed E-state index contributed by atoms with van der Waals surface area (Å²) < 4.78 is 5.29. The molecule has 0 aliphatic heterocycles. The van der Waals surface area contributed by atoms with Gasteiger partial charge in [-0.2, -0.15) is 0 Å². The molecular formula is C25H34O3. The van der Waals surface area contributed by atoms with Crippen molar-refractivity contribution < 1.29 is 14.6 Å². The van der Waals surface area contributed by atoms with Crippen LogP contribution in [0.4, 0.5) is 4.79 Å². The predicted octanol–water partition coefficient (Wildman–Crippen LogP) is 7.19. The first kappa shape index (κ1) is 22.0. The molecule has 3 nitrogen and oxygen atoms in total. The van der Waals surface area contributed by atoms with Crippen molar-refractivity contribution in [3.05, 3.63) is 51.6 Å². The Kier molecular flexibility index (Phi) is 7.68. The molecule has 1 N–H and O–H groups in total. The molecule has 0 aromatic heterocycles. The van der Waals surface area contributed by atoms with Crippen LogP contribution >= 0.6 is 0 Å². The summed E-state index contributed by atoms with van der Waals surface area (Å²) in [6.45, 7) is 12.9. The number of carboxylic acid groups (broad SMARTS) is 1. The molecule has 0 bridgehead atoms. The zero-order valence-electron chi connectivity index (χ0n) is 18.2. The molecule has 0 aliphatic rings. The quantitative estimate of drug-likeness (QED) is 0.388. The van der Waals surface area contributed by atoms with Crippen molar-refractivity contribution in [3.8, 4) is 16.9 Å². The Labute approximate surface area is 169 Å². The van der Waals surface area contributed by atoms with Crippen molar-refractivity contribution >= 4 is 6.16 Å². The van der Waals surface area contributed by atoms with Gasteiger partial charge in [0.05, 0.1) is 0 Å². The van der Waals surface area contributed by atoms with Crippen molar-refractivity contribution in [1.29, 1.82) is 0 Å². The van der Waals surface area contributed by atoms with Gasteiger partial charge in [0.15, 0.2) is 0 Å². The molecule has 2 aromatic carbocycles. The van der Waals surface area contributed by atoms with Gasteiger partial charge >= 0.3 is 6.16 Å². The van der Waals surface area contributed by atoms with Crippen molar-refractivity contribution in [3.63, 3.8) is 0 Å². The maximum absolute atomic E-state index is 11.4. The van der Waals surface area contributed by atoms with E-state index in [1.165, 1.54) is 33.4 Å². The van der Waals surface area contributed by atoms with E-state index in [0.29, 0.717) is 5.75 Å². The molecule has 0 saturated carbocycles. The Balaban J connectivity index is 2.88. The number of aryl methyl sites for hydroxylation is 1. The van der Waals surface area contributed by atoms with Gasteiger partial charge in [-0.1, -0.05) is 52.2 Å². The van der Waals surface area contributed by atoms with Gasteiger partial charge in [0.25, 0.3) is 0 Å². The minimum Gasteiger partial charge on any atom is -0.449 e. The molecule has 0 atom stereocenters. The Morgan fingerprint density at radius 3 is 1.96 bits per heavy atom. The lowest BCUT2D eigenvalue weighted by Gasteiger charge is -2.23. The van der Waals surface area contributed by atoms with E-state index in [9.17, 15) is 9.90 Å². The molecule has 0 amide bonds. The van der Waals surface area contributed by atoms with Crippen LogP contribution in [0.5, 0.6) is 5.75 Å². The molecule has 0 spiro atoms. The van der Waals surface area contributed by atoms with Crippen molar-refractivity contribution in [2.24, 2.45) is 0 Å². The zero-order chi connectivity index (χ0) is 20.8. The molecule has 0 aliphatic carbocycles. The van der Waals surface area contributed by atoms with Crippen LogP contribution in [-0.4, -0.2) is 11.3 Å². The fourth-order valence-electron chi connectivity index (χ4n) is 4.08. The second-order valence-corrected chi connectivity index (χ2v) is 7.66. The molecule has 2 aromatic rings. The first-order valence-electron chi connectivity index (χ1n) is 10.5. The van der Waals surface area contributed by atoms with Gasteiger partial charge in [0.1, 0.15) is 5.75 Å². The molecule has 0 fully saturated rings. The van der Waals surface area contributed by atoms with E-state index in [4.69, 9.17) is 4.74 Å². The SMILES string of the molecule is CCCc1c(OC(=O)O)cc(-c2ccc(C)c(C)c2C)c(CCC)c1CCC. The number of benzene rings is 2. The maximum atomic E-state index is 11.4. The lowest BCUT2D eigenvalue weighted by molar-refractivity contribution is 0.144. The lowest BCUT2D eigenvalue weighted by atomic mass is 9.83. The number of hydrogen-bond acceptors (Lipinski definition) is 2. The molecule has 28 heavy (non-hydrogen) atoms. The summed E-state index contributed by atoms with van der Waals surface area (Å²) in [5, 5.41) is 9.33. The fourth-order valence-corrected chi connectivity index (χ4v) is 4.08. The molecule has 152 valence electrons. The highest BCUT2D eigenvalue weighted by Crippen LogP contribution is 2.39. The normalized spacial score (nSPS) is 10.9. The first-order valence-corrected chi connectivity index (χ1v) is 10.5. The third-order valence-electron chi connectivity index (χ3n) is 5.67. The Bertz CT molecular complexity index is 850. The Morgan fingerprint density at radius 1 is 0.821 bits per heavy atom. The average Bonchev–Trinajstić information content (AvgIpc) is 2.64. The minimum atomic E-state index is -1.24. The highest BCUT2D eigenvalue weighted by Gasteiger charge is 2.21. The molecule has 0 saturated heterocycles. The average molecular weight is 383 g/mol. The van der Waals surface area contributed by atoms with E-state index in [-0.39, 0.29) is 0 Å². The summed E-state index contributed by atoms with van der Waals surface area (Å²) in [6, 6.07) is 6.30. The first-order chi connectivity index (χ1) is 13.3. The molecule has 0 heterocycles. The third kappa shape index (κ3) is 4.57. The molecule has 2 rings (SSSR count). The summed E-state index contributed by atoms with van der Waals surface area (Å²) in [6.07, 6.45) is 4.56. The van der Waals surface area contributed by atoms with E-state index in [2.05, 4.69) is 53.7 Å². The summed E-state index contributed by atoms with van der Waals surface area (Å²) in [5.74, 6) is 0.505. The second-order valence-electron chi connectivity index (χ2n) is 7.66. The van der Waals surface area contributed by atoms with Gasteiger partial charge in [-0.25, -0.2) is 4.79 Å². The van der Waals surface area contributed by atoms with Gasteiger partial charge in [-0.15, -0.1) is 0 Å². The number of carbonyl (C=O) groups is 1. The van der Waals surface area contributed by atoms with E-state index >= 15 is 0 Å². The summed E-state index contributed by atoms with van der Waals surface area (Å²) in [7, 11) is 0. The van der Waals surface area contributed by atoms with Crippen molar-refractivity contribution in [2.75, 3.05) is 0 Å². The minimum absolute atomic E-state index is 0.505. The van der Waals surface area contributed by atoms with E-state index in [1.54, 1.807) is 0 Å². The van der Waals surface area contributed by atoms with Gasteiger partial charge < -0.3 is 9.84 Å². The Hall–Kier alpha value is -2.29. The van der Waals surface area contributed by atoms with Crippen LogP contribution in [0.2, 0.25) is 0 Å². The van der Waals surface area contributed by atoms with E-state index < -0.39 is 6.16 Å². The maximum Gasteiger partial charge on any atom is 0.511 e. The Morgan fingerprint density at radius 2 is 1.39 bits per heavy atom. The van der Waals surface area contributed by atoms with Crippen LogP contribution in [0, 0.1) is 20.8 Å². The van der Waals surface area contributed by atoms with Crippen LogP contribution in [0.3, 0.4) is 0 Å². The van der Waals surface area contributed by atoms with Crippen LogP contribution in [-0.2, 0) is 19.3 Å². The molecular weight excluding hydrogens is 348 g/mol. The summed E-state index contributed by atoms with van der Waals surface area (Å²) in [5.41, 5.74) is 9.84. The number of hydrogen-bond donors (Lipinski definition) is 1. The summed E-state index contributed by atoms with van der Waals surface area (Å²) in [4.78, 5) is 11.4. The second kappa shape index (κ2) is 9.77. The largest absolute Gasteiger partial charge is 0.511 e. The smallest absolute Gasteiger partial charge is 0.449 e. The van der Waals surface area contributed by atoms with Crippen molar-refractivity contribution in [1.82, 2.24) is 0 Å². The van der Waals surface area contributed by atoms with Crippen LogP contribution in [0.15, 0.2) is 18.2 Å². The van der Waals surface area contributed by atoms with Crippen LogP contribution < -0.4 is 4.74 Å². The van der Waals surface area contributed by atoms with Gasteiger partial charge in [0.2, 0.25) is 0 Å². The summed E-state index contributed by atoms with van der Waals surface area (Å²) >= 11 is 0. The van der Waals surface area contributed by atoms with Gasteiger partial charge in [-0.05, 0) is 90.6 Å². The number of ether oxygens (including phenoxy) is 1. The molecule has 3 heteroatoms. The number of rotatable bonds is 8. The van der Waals surface area contributed by atoms with E-state index in [0.717, 1.165) is 49.7 Å². The highest BCUT2D eigenvalue weighted by molar-refractivity contribution is 5.77. The standard InChI is InChI=1S/C25H34O3/c1-7-10-20-21(11-8-2)23(19-14-13-16(4)17(5)18(19)6)15-24(28-25(26)27)22(20)12-9-3/h13-15H,7-12H2,1-6H3,(H,26,27). The fraction of sp³-hybridized carbons (Fsp3) is 0.480. The third-order valence-corrected chi connectivity index (χ3v) is 5.67. The van der Waals surface area contributed by atoms with Gasteiger partial charge in [-0.3, -0.25) is 0 Å². The lowest BCUT2D eigenvalue weighted by Crippen LogP contribution is -2.11. The topological polar surface area (TPSA) is 46.5 Å². The molecule has 0 unspecified atom stereocenters. The predicted molar refractivity (Wildman–Crippen MR) is 117 cm³/mol.